The number of esters is 1. The lowest BCUT2D eigenvalue weighted by atomic mass is 10.1. The molecule has 16 heavy (non-hydrogen) atoms. The third-order valence-electron chi connectivity index (χ3n) is 1.61. The van der Waals surface area contributed by atoms with Gasteiger partial charge in [-0.3, -0.25) is 9.36 Å². The van der Waals surface area contributed by atoms with Crippen molar-refractivity contribution in [1.82, 2.24) is 0 Å². The smallest absolute Gasteiger partial charge is 0.310 e. The molecule has 0 amide bonds. The Hall–Kier alpha value is -1.21. The average Bonchev–Trinajstić information content (AvgIpc) is 2.19. The number of carbonyl (C=O) groups excluding carboxylic acids is 1. The highest BCUT2D eigenvalue weighted by atomic mass is 31.0. The Morgan fingerprint density at radius 1 is 1.19 bits per heavy atom. The summed E-state index contributed by atoms with van der Waals surface area (Å²) < 4.78 is 13.3. The Kier molecular flexibility index (Phi) is 6.59. The van der Waals surface area contributed by atoms with Crippen LogP contribution in [0.1, 0.15) is 26.3 Å². The first-order valence-corrected chi connectivity index (χ1v) is 5.34. The first kappa shape index (κ1) is 14.8. The van der Waals surface area contributed by atoms with E-state index in [1.807, 2.05) is 51.1 Å². The van der Waals surface area contributed by atoms with E-state index in [2.05, 4.69) is 0 Å². The molecule has 4 heteroatoms. The van der Waals surface area contributed by atoms with Gasteiger partial charge < -0.3 is 4.74 Å². The molecule has 0 atom stereocenters. The van der Waals surface area contributed by atoms with Gasteiger partial charge in [0.05, 0.1) is 6.42 Å². The molecule has 0 radical (unpaired) electrons. The number of rotatable bonds is 2. The van der Waals surface area contributed by atoms with Crippen LogP contribution in [0.2, 0.25) is 0 Å². The van der Waals surface area contributed by atoms with E-state index >= 15 is 0 Å². The molecule has 0 N–H and O–H groups in total. The van der Waals surface area contributed by atoms with E-state index in [-0.39, 0.29) is 5.97 Å². The third-order valence-corrected chi connectivity index (χ3v) is 1.61. The van der Waals surface area contributed by atoms with Crippen LogP contribution in [-0.4, -0.2) is 11.6 Å². The summed E-state index contributed by atoms with van der Waals surface area (Å²) >= 11 is 0. The number of hydrogen-bond acceptors (Lipinski definition) is 3. The van der Waals surface area contributed by atoms with Crippen LogP contribution in [-0.2, 0) is 20.5 Å². The second-order valence-electron chi connectivity index (χ2n) is 4.25. The average molecular weight is 240 g/mol. The van der Waals surface area contributed by atoms with Gasteiger partial charge in [0.25, 0.3) is 0 Å². The Labute approximate surface area is 98.4 Å². The largest absolute Gasteiger partial charge is 0.460 e. The zero-order chi connectivity index (χ0) is 12.6. The number of hydrogen-bond donors (Lipinski definition) is 0. The number of benzene rings is 1. The Bertz CT molecular complexity index is 317. The highest BCUT2D eigenvalue weighted by Crippen LogP contribution is 2.09. The molecule has 88 valence electrons. The fourth-order valence-corrected chi connectivity index (χ4v) is 1.14. The summed E-state index contributed by atoms with van der Waals surface area (Å²) in [5.41, 5.74) is 0.591. The lowest BCUT2D eigenvalue weighted by molar-refractivity contribution is -0.153. The molecule has 0 aromatic heterocycles. The van der Waals surface area contributed by atoms with Gasteiger partial charge in [0.1, 0.15) is 14.7 Å². The van der Waals surface area contributed by atoms with Gasteiger partial charge in [0.2, 0.25) is 0 Å². The molecule has 0 saturated carbocycles. The van der Waals surface area contributed by atoms with Crippen LogP contribution in [0, 0.1) is 0 Å². The van der Waals surface area contributed by atoms with Crippen molar-refractivity contribution in [2.45, 2.75) is 32.8 Å². The Morgan fingerprint density at radius 3 is 2.12 bits per heavy atom. The zero-order valence-corrected chi connectivity index (χ0v) is 10.8. The summed E-state index contributed by atoms with van der Waals surface area (Å²) in [4.78, 5) is 11.4. The highest BCUT2D eigenvalue weighted by Gasteiger charge is 2.15. The Balaban J connectivity index is 0.00000106. The molecule has 0 bridgehead atoms. The first-order valence-electron chi connectivity index (χ1n) is 4.93. The van der Waals surface area contributed by atoms with Crippen molar-refractivity contribution >= 4 is 15.1 Å². The van der Waals surface area contributed by atoms with E-state index in [0.717, 1.165) is 5.56 Å². The minimum absolute atomic E-state index is 0.177. The van der Waals surface area contributed by atoms with Crippen LogP contribution in [0.3, 0.4) is 0 Å². The second-order valence-corrected chi connectivity index (χ2v) is 4.25. The second kappa shape index (κ2) is 7.13. The van der Waals surface area contributed by atoms with Crippen molar-refractivity contribution in [2.24, 2.45) is 0 Å². The van der Waals surface area contributed by atoms with Crippen LogP contribution < -0.4 is 0 Å². The van der Waals surface area contributed by atoms with E-state index in [0.29, 0.717) is 6.42 Å². The molecule has 3 nitrogen and oxygen atoms in total. The van der Waals surface area contributed by atoms with Crippen LogP contribution in [0.5, 0.6) is 0 Å². The molecule has 0 spiro atoms. The van der Waals surface area contributed by atoms with E-state index in [9.17, 15) is 4.79 Å². The van der Waals surface area contributed by atoms with Gasteiger partial charge in [-0.15, -0.1) is 0 Å². The van der Waals surface area contributed by atoms with Crippen molar-refractivity contribution in [2.75, 3.05) is 0 Å². The summed E-state index contributed by atoms with van der Waals surface area (Å²) in [6, 6.07) is 9.60. The minimum atomic E-state index is -0.397. The van der Waals surface area contributed by atoms with Crippen LogP contribution in [0.4, 0.5) is 0 Å². The third kappa shape index (κ3) is 7.13. The SMILES string of the molecule is CC(C)(C)OC(=O)Cc1ccccc1.O=P. The fourth-order valence-electron chi connectivity index (χ4n) is 1.14. The molecule has 0 fully saturated rings. The summed E-state index contributed by atoms with van der Waals surface area (Å²) in [5.74, 6) is -0.177. The molecule has 0 aliphatic rings. The van der Waals surface area contributed by atoms with Crippen LogP contribution in [0.15, 0.2) is 30.3 Å². The predicted molar refractivity (Wildman–Crippen MR) is 65.0 cm³/mol. The quantitative estimate of drug-likeness (QED) is 0.589. The first-order chi connectivity index (χ1) is 7.47. The van der Waals surface area contributed by atoms with Crippen LogP contribution >= 0.6 is 9.12 Å². The lowest BCUT2D eigenvalue weighted by Crippen LogP contribution is -2.24. The normalized spacial score (nSPS) is 9.94. The molecular formula is C12H17O3P. The van der Waals surface area contributed by atoms with Gasteiger partial charge in [-0.2, -0.15) is 0 Å². The minimum Gasteiger partial charge on any atom is -0.460 e. The maximum atomic E-state index is 11.4. The molecule has 0 aliphatic carbocycles. The van der Waals surface area contributed by atoms with Gasteiger partial charge >= 0.3 is 5.97 Å². The predicted octanol–water partition coefficient (Wildman–Crippen LogP) is 3.05. The van der Waals surface area contributed by atoms with Crippen molar-refractivity contribution in [1.29, 1.82) is 0 Å². The van der Waals surface area contributed by atoms with Crippen molar-refractivity contribution in [3.63, 3.8) is 0 Å². The van der Waals surface area contributed by atoms with E-state index in [1.165, 1.54) is 0 Å². The fraction of sp³-hybridized carbons (Fsp3) is 0.417. The summed E-state index contributed by atoms with van der Waals surface area (Å²) in [6.07, 6.45) is 0.345. The van der Waals surface area contributed by atoms with E-state index in [4.69, 9.17) is 9.30 Å². The summed E-state index contributed by atoms with van der Waals surface area (Å²) in [7, 11) is 1.72. The van der Waals surface area contributed by atoms with Gasteiger partial charge in [-0.25, -0.2) is 0 Å². The zero-order valence-electron chi connectivity index (χ0n) is 9.82. The van der Waals surface area contributed by atoms with Crippen molar-refractivity contribution < 1.29 is 14.1 Å². The molecule has 0 aliphatic heterocycles. The van der Waals surface area contributed by atoms with Gasteiger partial charge in [-0.1, -0.05) is 30.3 Å². The lowest BCUT2D eigenvalue weighted by Gasteiger charge is -2.19. The Morgan fingerprint density at radius 2 is 1.69 bits per heavy atom. The molecular weight excluding hydrogens is 223 g/mol. The summed E-state index contributed by atoms with van der Waals surface area (Å²) in [6.45, 7) is 5.61. The monoisotopic (exact) mass is 240 g/mol. The molecule has 0 saturated heterocycles. The molecule has 1 rings (SSSR count). The van der Waals surface area contributed by atoms with E-state index in [1.54, 1.807) is 9.12 Å². The molecule has 1 aromatic rings. The van der Waals surface area contributed by atoms with Crippen LogP contribution in [0.25, 0.3) is 0 Å². The van der Waals surface area contributed by atoms with Crippen molar-refractivity contribution in [3.8, 4) is 0 Å². The van der Waals surface area contributed by atoms with Crippen molar-refractivity contribution in [3.05, 3.63) is 35.9 Å². The molecule has 0 heterocycles. The maximum Gasteiger partial charge on any atom is 0.310 e. The summed E-state index contributed by atoms with van der Waals surface area (Å²) in [5, 5.41) is 0. The number of ether oxygens (including phenoxy) is 1. The van der Waals surface area contributed by atoms with Gasteiger partial charge in [-0.05, 0) is 26.3 Å². The maximum absolute atomic E-state index is 11.4. The van der Waals surface area contributed by atoms with Gasteiger partial charge in [0.15, 0.2) is 0 Å². The number of carbonyl (C=O) groups is 1. The topological polar surface area (TPSA) is 43.4 Å². The molecule has 1 aromatic carbocycles. The van der Waals surface area contributed by atoms with E-state index < -0.39 is 5.60 Å². The highest BCUT2D eigenvalue weighted by molar-refractivity contribution is 7.00. The molecule has 0 unspecified atom stereocenters. The van der Waals surface area contributed by atoms with Gasteiger partial charge in [0, 0.05) is 0 Å². The standard InChI is InChI=1S/C12H16O2.HOP/c1-12(2,3)14-11(13)9-10-7-5-4-6-8-10;1-2/h4-8H,9H2,1-3H3;2H.